The van der Waals surface area contributed by atoms with Crippen molar-refractivity contribution in [2.45, 2.75) is 6.54 Å². The molecule has 0 radical (unpaired) electrons. The van der Waals surface area contributed by atoms with Crippen molar-refractivity contribution >= 4 is 33.6 Å². The summed E-state index contributed by atoms with van der Waals surface area (Å²) in [5.41, 5.74) is 2.53. The Hall–Kier alpha value is -1.72. The van der Waals surface area contributed by atoms with Gasteiger partial charge in [0, 0.05) is 10.7 Å². The third-order valence-electron chi connectivity index (χ3n) is 2.93. The number of halogens is 1. The van der Waals surface area contributed by atoms with E-state index in [9.17, 15) is 4.79 Å². The third-order valence-corrected chi connectivity index (χ3v) is 4.33. The second kappa shape index (κ2) is 5.73. The number of carbonyl (C=O) groups excluding carboxylic acids is 1. The van der Waals surface area contributed by atoms with Gasteiger partial charge < -0.3 is 0 Å². The molecule has 0 amide bonds. The van der Waals surface area contributed by atoms with Crippen molar-refractivity contribution in [3.05, 3.63) is 63.6 Å². The number of aromatic nitrogens is 2. The Morgan fingerprint density at radius 3 is 2.70 bits per heavy atom. The Morgan fingerprint density at radius 2 is 2.05 bits per heavy atom. The van der Waals surface area contributed by atoms with E-state index in [1.54, 1.807) is 17.5 Å². The molecule has 0 spiro atoms. The summed E-state index contributed by atoms with van der Waals surface area (Å²) in [5.74, 6) is 0. The highest BCUT2D eigenvalue weighted by atomic mass is 79.9. The summed E-state index contributed by atoms with van der Waals surface area (Å²) in [6.45, 7) is 0.652. The van der Waals surface area contributed by atoms with Crippen LogP contribution in [0.15, 0.2) is 52.4 Å². The molecular weight excluding hydrogens is 336 g/mol. The summed E-state index contributed by atoms with van der Waals surface area (Å²) in [6, 6.07) is 12.0. The van der Waals surface area contributed by atoms with Crippen molar-refractivity contribution in [3.8, 4) is 10.6 Å². The van der Waals surface area contributed by atoms with Crippen molar-refractivity contribution in [2.75, 3.05) is 0 Å². The van der Waals surface area contributed by atoms with Gasteiger partial charge >= 0.3 is 0 Å². The van der Waals surface area contributed by atoms with Gasteiger partial charge in [0.25, 0.3) is 0 Å². The molecule has 0 aliphatic rings. The van der Waals surface area contributed by atoms with Crippen LogP contribution < -0.4 is 0 Å². The zero-order chi connectivity index (χ0) is 13.9. The monoisotopic (exact) mass is 346 g/mol. The summed E-state index contributed by atoms with van der Waals surface area (Å²) in [5, 5.41) is 6.51. The highest BCUT2D eigenvalue weighted by Gasteiger charge is 2.11. The number of benzene rings is 1. The number of nitrogens with zero attached hydrogens (tertiary/aromatic N) is 2. The average Bonchev–Trinajstić information content (AvgIpc) is 3.10. The highest BCUT2D eigenvalue weighted by Crippen LogP contribution is 2.26. The number of aldehydes is 1. The van der Waals surface area contributed by atoms with Crippen LogP contribution in [0.4, 0.5) is 0 Å². The first kappa shape index (κ1) is 13.3. The molecule has 20 heavy (non-hydrogen) atoms. The topological polar surface area (TPSA) is 34.9 Å². The molecule has 0 atom stereocenters. The Balaban J connectivity index is 1.91. The Bertz CT molecular complexity index is 717. The van der Waals surface area contributed by atoms with Crippen LogP contribution in [0, 0.1) is 0 Å². The Morgan fingerprint density at radius 1 is 1.25 bits per heavy atom. The molecule has 5 heteroatoms. The Labute approximate surface area is 129 Å². The predicted molar refractivity (Wildman–Crippen MR) is 84.2 cm³/mol. The summed E-state index contributed by atoms with van der Waals surface area (Å²) in [4.78, 5) is 12.2. The molecule has 3 nitrogen and oxygen atoms in total. The lowest BCUT2D eigenvalue weighted by molar-refractivity contribution is 0.112. The van der Waals surface area contributed by atoms with Gasteiger partial charge in [-0.15, -0.1) is 11.3 Å². The first-order chi connectivity index (χ1) is 9.76. The zero-order valence-electron chi connectivity index (χ0n) is 10.5. The van der Waals surface area contributed by atoms with Crippen molar-refractivity contribution in [1.29, 1.82) is 0 Å². The van der Waals surface area contributed by atoms with Crippen LogP contribution >= 0.6 is 27.3 Å². The van der Waals surface area contributed by atoms with Gasteiger partial charge in [-0.1, -0.05) is 34.1 Å². The molecule has 0 aliphatic carbocycles. The quantitative estimate of drug-likeness (QED) is 0.662. The first-order valence-corrected chi connectivity index (χ1v) is 7.74. The van der Waals surface area contributed by atoms with Crippen LogP contribution in [0.2, 0.25) is 0 Å². The minimum Gasteiger partial charge on any atom is -0.298 e. The van der Waals surface area contributed by atoms with Crippen LogP contribution in [0.5, 0.6) is 0 Å². The van der Waals surface area contributed by atoms with Crippen LogP contribution in [0.3, 0.4) is 0 Å². The summed E-state index contributed by atoms with van der Waals surface area (Å²) >= 11 is 5.00. The molecule has 0 N–H and O–H groups in total. The summed E-state index contributed by atoms with van der Waals surface area (Å²) in [7, 11) is 0. The second-order valence-corrected chi connectivity index (χ2v) is 6.22. The lowest BCUT2D eigenvalue weighted by Gasteiger charge is -2.01. The molecule has 2 aromatic heterocycles. The van der Waals surface area contributed by atoms with Crippen LogP contribution in [-0.4, -0.2) is 16.1 Å². The molecule has 2 heterocycles. The lowest BCUT2D eigenvalue weighted by Crippen LogP contribution is -1.99. The SMILES string of the molecule is O=Cc1cn(Cc2ccc(Br)cc2)nc1-c1cccs1. The van der Waals surface area contributed by atoms with E-state index in [4.69, 9.17) is 0 Å². The van der Waals surface area contributed by atoms with E-state index in [2.05, 4.69) is 21.0 Å². The minimum atomic E-state index is 0.629. The number of carbonyl (C=O) groups is 1. The maximum Gasteiger partial charge on any atom is 0.153 e. The maximum absolute atomic E-state index is 11.2. The largest absolute Gasteiger partial charge is 0.298 e. The summed E-state index contributed by atoms with van der Waals surface area (Å²) in [6.07, 6.45) is 2.66. The van der Waals surface area contributed by atoms with E-state index in [-0.39, 0.29) is 0 Å². The molecule has 0 unspecified atom stereocenters. The number of hydrogen-bond donors (Lipinski definition) is 0. The molecule has 0 saturated carbocycles. The highest BCUT2D eigenvalue weighted by molar-refractivity contribution is 9.10. The molecular formula is C15H11BrN2OS. The van der Waals surface area contributed by atoms with E-state index >= 15 is 0 Å². The molecule has 0 aliphatic heterocycles. The fourth-order valence-corrected chi connectivity index (χ4v) is 2.98. The molecule has 0 saturated heterocycles. The molecule has 0 bridgehead atoms. The van der Waals surface area contributed by atoms with Gasteiger partial charge in [0.2, 0.25) is 0 Å². The predicted octanol–water partition coefficient (Wildman–Crippen LogP) is 4.23. The van der Waals surface area contributed by atoms with Gasteiger partial charge in [-0.05, 0) is 29.1 Å². The van der Waals surface area contributed by atoms with Crippen molar-refractivity contribution < 1.29 is 4.79 Å². The van der Waals surface area contributed by atoms with Gasteiger partial charge in [0.1, 0.15) is 5.69 Å². The van der Waals surface area contributed by atoms with Gasteiger partial charge in [0.05, 0.1) is 17.0 Å². The van der Waals surface area contributed by atoms with E-state index in [0.29, 0.717) is 12.1 Å². The van der Waals surface area contributed by atoms with Gasteiger partial charge in [-0.25, -0.2) is 0 Å². The average molecular weight is 347 g/mol. The standard InChI is InChI=1S/C15H11BrN2OS/c16-13-5-3-11(4-6-13)8-18-9-12(10-19)15(17-18)14-2-1-7-20-14/h1-7,9-10H,8H2. The molecule has 1 aromatic carbocycles. The van der Waals surface area contributed by atoms with Crippen molar-refractivity contribution in [2.24, 2.45) is 0 Å². The molecule has 0 fully saturated rings. The fourth-order valence-electron chi connectivity index (χ4n) is 1.99. The molecule has 3 rings (SSSR count). The normalized spacial score (nSPS) is 10.7. The van der Waals surface area contributed by atoms with Crippen LogP contribution in [-0.2, 0) is 6.54 Å². The summed E-state index contributed by atoms with van der Waals surface area (Å²) < 4.78 is 2.86. The lowest BCUT2D eigenvalue weighted by atomic mass is 10.2. The number of hydrogen-bond acceptors (Lipinski definition) is 3. The number of thiophene rings is 1. The molecule has 3 aromatic rings. The van der Waals surface area contributed by atoms with Crippen LogP contribution in [0.1, 0.15) is 15.9 Å². The van der Waals surface area contributed by atoms with Crippen molar-refractivity contribution in [3.63, 3.8) is 0 Å². The van der Waals surface area contributed by atoms with Gasteiger partial charge in [-0.2, -0.15) is 5.10 Å². The fraction of sp³-hybridized carbons (Fsp3) is 0.0667. The smallest absolute Gasteiger partial charge is 0.153 e. The number of rotatable bonds is 4. The molecule has 100 valence electrons. The van der Waals surface area contributed by atoms with Crippen LogP contribution in [0.25, 0.3) is 10.6 Å². The zero-order valence-corrected chi connectivity index (χ0v) is 12.9. The van der Waals surface area contributed by atoms with E-state index in [1.165, 1.54) is 0 Å². The third kappa shape index (κ3) is 2.73. The van der Waals surface area contributed by atoms with E-state index in [1.807, 2.05) is 46.5 Å². The van der Waals surface area contributed by atoms with Crippen molar-refractivity contribution in [1.82, 2.24) is 9.78 Å². The minimum absolute atomic E-state index is 0.629. The Kier molecular flexibility index (Phi) is 3.80. The van der Waals surface area contributed by atoms with Gasteiger partial charge in [0.15, 0.2) is 6.29 Å². The van der Waals surface area contributed by atoms with Gasteiger partial charge in [-0.3, -0.25) is 9.48 Å². The van der Waals surface area contributed by atoms with E-state index < -0.39 is 0 Å². The maximum atomic E-state index is 11.2. The van der Waals surface area contributed by atoms with E-state index in [0.717, 1.165) is 26.9 Å². The second-order valence-electron chi connectivity index (χ2n) is 4.35. The first-order valence-electron chi connectivity index (χ1n) is 6.07.